The van der Waals surface area contributed by atoms with E-state index in [1.54, 1.807) is 17.8 Å². The number of ketones is 1. The third-order valence-corrected chi connectivity index (χ3v) is 4.92. The molecule has 1 N–H and O–H groups in total. The summed E-state index contributed by atoms with van der Waals surface area (Å²) in [6, 6.07) is 9.93. The normalized spacial score (nSPS) is 13.4. The number of aryl methyl sites for hydroxylation is 1. The topological polar surface area (TPSA) is 77.1 Å². The highest BCUT2D eigenvalue weighted by molar-refractivity contribution is 6.03. The van der Waals surface area contributed by atoms with E-state index in [4.69, 9.17) is 4.42 Å². The van der Waals surface area contributed by atoms with Crippen LogP contribution >= 0.6 is 0 Å². The van der Waals surface area contributed by atoms with Crippen LogP contribution in [0, 0.1) is 6.92 Å². The first-order chi connectivity index (χ1) is 13.1. The summed E-state index contributed by atoms with van der Waals surface area (Å²) in [4.78, 5) is 24.5. The van der Waals surface area contributed by atoms with E-state index in [1.807, 2.05) is 36.5 Å². The number of nitrogens with zero attached hydrogens (tertiary/aromatic N) is 2. The number of nitrogens with one attached hydrogen (secondary N) is 1. The standard InChI is InChI=1S/C21H21N3O3/c1-14-19-17(25)4-2-5-18(19)27-20(14)21(26)22-12-10-15-6-8-16(9-7-15)24-13-3-11-23-24/h3,6-9,11,13H,2,4-5,10,12H2,1H3,(H,22,26). The average molecular weight is 363 g/mol. The number of furan rings is 1. The molecule has 3 aromatic rings. The van der Waals surface area contributed by atoms with Gasteiger partial charge in [-0.3, -0.25) is 9.59 Å². The summed E-state index contributed by atoms with van der Waals surface area (Å²) < 4.78 is 7.49. The molecule has 0 radical (unpaired) electrons. The van der Waals surface area contributed by atoms with Crippen LogP contribution in [0.25, 0.3) is 5.69 Å². The summed E-state index contributed by atoms with van der Waals surface area (Å²) in [5.41, 5.74) is 3.39. The molecule has 0 atom stereocenters. The number of Topliss-reactive ketones (excluding diaryl/α,β-unsaturated/α-hetero) is 1. The smallest absolute Gasteiger partial charge is 0.287 e. The lowest BCUT2D eigenvalue weighted by Crippen LogP contribution is -2.26. The molecule has 1 aliphatic rings. The van der Waals surface area contributed by atoms with Crippen LogP contribution in [0.4, 0.5) is 0 Å². The lowest BCUT2D eigenvalue weighted by molar-refractivity contribution is 0.0920. The molecule has 0 fully saturated rings. The first-order valence-electron chi connectivity index (χ1n) is 9.16. The minimum absolute atomic E-state index is 0.0776. The molecular formula is C21H21N3O3. The van der Waals surface area contributed by atoms with Gasteiger partial charge in [-0.15, -0.1) is 0 Å². The van der Waals surface area contributed by atoms with Crippen LogP contribution in [-0.2, 0) is 12.8 Å². The Morgan fingerprint density at radius 1 is 1.26 bits per heavy atom. The number of aromatic nitrogens is 2. The Bertz CT molecular complexity index is 969. The first-order valence-corrected chi connectivity index (χ1v) is 9.16. The Hall–Kier alpha value is -3.15. The molecule has 1 aromatic carbocycles. The minimum atomic E-state index is -0.261. The summed E-state index contributed by atoms with van der Waals surface area (Å²) in [5, 5.41) is 7.09. The maximum Gasteiger partial charge on any atom is 0.287 e. The highest BCUT2D eigenvalue weighted by Crippen LogP contribution is 2.29. The summed E-state index contributed by atoms with van der Waals surface area (Å²) in [5.74, 6) is 0.740. The van der Waals surface area contributed by atoms with Crippen LogP contribution in [-0.4, -0.2) is 28.0 Å². The van der Waals surface area contributed by atoms with Gasteiger partial charge in [-0.05, 0) is 43.5 Å². The van der Waals surface area contributed by atoms with Crippen molar-refractivity contribution >= 4 is 11.7 Å². The van der Waals surface area contributed by atoms with Gasteiger partial charge in [-0.1, -0.05) is 12.1 Å². The van der Waals surface area contributed by atoms with Crippen LogP contribution in [0.1, 0.15) is 50.6 Å². The second-order valence-electron chi connectivity index (χ2n) is 6.75. The molecule has 0 saturated heterocycles. The van der Waals surface area contributed by atoms with Crippen LogP contribution in [0.2, 0.25) is 0 Å². The summed E-state index contributed by atoms with van der Waals surface area (Å²) in [6.07, 6.45) is 6.38. The molecule has 6 heteroatoms. The van der Waals surface area contributed by atoms with Gasteiger partial charge in [-0.2, -0.15) is 5.10 Å². The van der Waals surface area contributed by atoms with E-state index in [-0.39, 0.29) is 17.5 Å². The second kappa shape index (κ2) is 7.23. The van der Waals surface area contributed by atoms with E-state index in [0.717, 1.165) is 24.1 Å². The zero-order valence-corrected chi connectivity index (χ0v) is 15.2. The average Bonchev–Trinajstić information content (AvgIpc) is 3.31. The summed E-state index contributed by atoms with van der Waals surface area (Å²) in [7, 11) is 0. The molecule has 0 unspecified atom stereocenters. The van der Waals surface area contributed by atoms with Crippen molar-refractivity contribution in [1.82, 2.24) is 15.1 Å². The van der Waals surface area contributed by atoms with E-state index in [9.17, 15) is 9.59 Å². The van der Waals surface area contributed by atoms with Gasteiger partial charge in [0.15, 0.2) is 11.5 Å². The molecule has 0 aliphatic heterocycles. The molecule has 138 valence electrons. The van der Waals surface area contributed by atoms with Crippen molar-refractivity contribution in [2.24, 2.45) is 0 Å². The lowest BCUT2D eigenvalue weighted by atomic mass is 9.94. The van der Waals surface area contributed by atoms with Gasteiger partial charge in [0.05, 0.1) is 11.3 Å². The maximum absolute atomic E-state index is 12.5. The minimum Gasteiger partial charge on any atom is -0.455 e. The Balaban J connectivity index is 1.37. The van der Waals surface area contributed by atoms with Gasteiger partial charge in [0.25, 0.3) is 5.91 Å². The lowest BCUT2D eigenvalue weighted by Gasteiger charge is -2.07. The van der Waals surface area contributed by atoms with Gasteiger partial charge in [0, 0.05) is 37.3 Å². The van der Waals surface area contributed by atoms with Gasteiger partial charge in [-0.25, -0.2) is 4.68 Å². The summed E-state index contributed by atoms with van der Waals surface area (Å²) >= 11 is 0. The van der Waals surface area contributed by atoms with Crippen molar-refractivity contribution in [2.45, 2.75) is 32.6 Å². The number of hydrogen-bond donors (Lipinski definition) is 1. The molecule has 6 nitrogen and oxygen atoms in total. The highest BCUT2D eigenvalue weighted by Gasteiger charge is 2.28. The van der Waals surface area contributed by atoms with Crippen molar-refractivity contribution in [1.29, 1.82) is 0 Å². The number of rotatable bonds is 5. The number of carbonyl (C=O) groups excluding carboxylic acids is 2. The Labute approximate surface area is 157 Å². The van der Waals surface area contributed by atoms with Crippen molar-refractivity contribution in [2.75, 3.05) is 6.54 Å². The number of hydrogen-bond acceptors (Lipinski definition) is 4. The number of carbonyl (C=O) groups is 2. The highest BCUT2D eigenvalue weighted by atomic mass is 16.4. The maximum atomic E-state index is 12.5. The van der Waals surface area contributed by atoms with Crippen LogP contribution in [0.5, 0.6) is 0 Å². The van der Waals surface area contributed by atoms with Crippen LogP contribution in [0.3, 0.4) is 0 Å². The molecule has 1 aliphatic carbocycles. The molecule has 27 heavy (non-hydrogen) atoms. The number of benzene rings is 1. The quantitative estimate of drug-likeness (QED) is 0.755. The molecule has 0 saturated carbocycles. The Kier molecular flexibility index (Phi) is 4.62. The van der Waals surface area contributed by atoms with E-state index in [2.05, 4.69) is 10.4 Å². The van der Waals surface area contributed by atoms with Gasteiger partial charge < -0.3 is 9.73 Å². The van der Waals surface area contributed by atoms with E-state index in [1.165, 1.54) is 0 Å². The number of fused-ring (bicyclic) bond motifs is 1. The van der Waals surface area contributed by atoms with E-state index < -0.39 is 0 Å². The van der Waals surface area contributed by atoms with E-state index in [0.29, 0.717) is 36.3 Å². The molecule has 2 aromatic heterocycles. The second-order valence-corrected chi connectivity index (χ2v) is 6.75. The summed E-state index contributed by atoms with van der Waals surface area (Å²) in [6.45, 7) is 2.28. The third kappa shape index (κ3) is 3.43. The van der Waals surface area contributed by atoms with Crippen LogP contribution in [0.15, 0.2) is 47.1 Å². The Morgan fingerprint density at radius 3 is 2.78 bits per heavy atom. The molecule has 2 heterocycles. The predicted octanol–water partition coefficient (Wildman–Crippen LogP) is 3.27. The molecule has 0 spiro atoms. The fourth-order valence-corrected chi connectivity index (χ4v) is 3.50. The SMILES string of the molecule is Cc1c(C(=O)NCCc2ccc(-n3cccn3)cc2)oc2c1C(=O)CCC2. The van der Waals surface area contributed by atoms with Crippen molar-refractivity contribution < 1.29 is 14.0 Å². The predicted molar refractivity (Wildman–Crippen MR) is 100 cm³/mol. The van der Waals surface area contributed by atoms with Crippen molar-refractivity contribution in [3.63, 3.8) is 0 Å². The van der Waals surface area contributed by atoms with Crippen molar-refractivity contribution in [3.8, 4) is 5.69 Å². The van der Waals surface area contributed by atoms with Crippen molar-refractivity contribution in [3.05, 3.63) is 70.9 Å². The van der Waals surface area contributed by atoms with Gasteiger partial charge >= 0.3 is 0 Å². The zero-order chi connectivity index (χ0) is 18.8. The monoisotopic (exact) mass is 363 g/mol. The van der Waals surface area contributed by atoms with Gasteiger partial charge in [0.2, 0.25) is 0 Å². The molecule has 4 rings (SSSR count). The third-order valence-electron chi connectivity index (χ3n) is 4.92. The first kappa shape index (κ1) is 17.3. The van der Waals surface area contributed by atoms with Gasteiger partial charge in [0.1, 0.15) is 5.76 Å². The number of amides is 1. The fourth-order valence-electron chi connectivity index (χ4n) is 3.50. The van der Waals surface area contributed by atoms with E-state index >= 15 is 0 Å². The Morgan fingerprint density at radius 2 is 2.07 bits per heavy atom. The molecular weight excluding hydrogens is 342 g/mol. The fraction of sp³-hybridized carbons (Fsp3) is 0.286. The zero-order valence-electron chi connectivity index (χ0n) is 15.2. The molecule has 0 bridgehead atoms. The van der Waals surface area contributed by atoms with Crippen LogP contribution < -0.4 is 5.32 Å². The molecule has 1 amide bonds. The largest absolute Gasteiger partial charge is 0.455 e.